The first-order valence-electron chi connectivity index (χ1n) is 6.29. The fourth-order valence-electron chi connectivity index (χ4n) is 2.29. The second kappa shape index (κ2) is 6.67. The average Bonchev–Trinajstić information content (AvgIpc) is 2.77. The lowest BCUT2D eigenvalue weighted by atomic mass is 9.94. The summed E-state index contributed by atoms with van der Waals surface area (Å²) < 4.78 is 0. The van der Waals surface area contributed by atoms with Gasteiger partial charge in [-0.3, -0.25) is 0 Å². The van der Waals surface area contributed by atoms with E-state index in [2.05, 4.69) is 23.7 Å². The molecule has 1 aromatic heterocycles. The van der Waals surface area contributed by atoms with Crippen LogP contribution in [0.5, 0.6) is 0 Å². The molecule has 0 saturated heterocycles. The van der Waals surface area contributed by atoms with Crippen molar-refractivity contribution >= 4 is 23.1 Å². The number of rotatable bonds is 6. The van der Waals surface area contributed by atoms with Crippen LogP contribution in [0.3, 0.4) is 0 Å². The zero-order valence-corrected chi connectivity index (χ0v) is 11.6. The summed E-state index contributed by atoms with van der Waals surface area (Å²) in [5.74, 6) is 2.55. The minimum absolute atomic E-state index is 0.640. The Bertz CT molecular complexity index is 309. The molecule has 1 aliphatic carbocycles. The van der Waals surface area contributed by atoms with E-state index >= 15 is 0 Å². The van der Waals surface area contributed by atoms with Crippen LogP contribution < -0.4 is 5.32 Å². The average molecular weight is 255 g/mol. The normalized spacial score (nSPS) is 19.7. The van der Waals surface area contributed by atoms with Crippen LogP contribution in [0.15, 0.2) is 11.4 Å². The molecule has 1 nitrogen and oxygen atoms in total. The monoisotopic (exact) mass is 255 g/mol. The molecule has 1 heterocycles. The van der Waals surface area contributed by atoms with E-state index in [0.29, 0.717) is 6.04 Å². The summed E-state index contributed by atoms with van der Waals surface area (Å²) in [5.41, 5.74) is 1.58. The largest absolute Gasteiger partial charge is 0.310 e. The Hall–Kier alpha value is 0.0100. The summed E-state index contributed by atoms with van der Waals surface area (Å²) in [6, 6.07) is 2.96. The number of hydrogen-bond acceptors (Lipinski definition) is 3. The van der Waals surface area contributed by atoms with Crippen LogP contribution >= 0.6 is 23.1 Å². The summed E-state index contributed by atoms with van der Waals surface area (Å²) in [7, 11) is 0. The van der Waals surface area contributed by atoms with Gasteiger partial charge in [-0.1, -0.05) is 6.92 Å². The highest BCUT2D eigenvalue weighted by atomic mass is 32.2. The van der Waals surface area contributed by atoms with E-state index in [9.17, 15) is 0 Å². The van der Waals surface area contributed by atoms with Crippen molar-refractivity contribution in [2.24, 2.45) is 0 Å². The van der Waals surface area contributed by atoms with Gasteiger partial charge < -0.3 is 5.32 Å². The smallest absolute Gasteiger partial charge is 0.0331 e. The Labute approximate surface area is 107 Å². The van der Waals surface area contributed by atoms with Crippen molar-refractivity contribution in [3.63, 3.8) is 0 Å². The first kappa shape index (κ1) is 12.5. The summed E-state index contributed by atoms with van der Waals surface area (Å²) in [4.78, 5) is 1.62. The van der Waals surface area contributed by atoms with Gasteiger partial charge in [0.2, 0.25) is 0 Å². The molecule has 1 unspecified atom stereocenters. The highest BCUT2D eigenvalue weighted by Gasteiger charge is 2.19. The topological polar surface area (TPSA) is 12.0 Å². The SMILES string of the molecule is CCSCCCNC1CCCc2sccc21. The molecular weight excluding hydrogens is 234 g/mol. The zero-order chi connectivity index (χ0) is 11.2. The van der Waals surface area contributed by atoms with Gasteiger partial charge in [0.05, 0.1) is 0 Å². The number of thiophene rings is 1. The Kier molecular flexibility index (Phi) is 5.20. The summed E-state index contributed by atoms with van der Waals surface area (Å²) in [5, 5.41) is 5.96. The molecule has 0 radical (unpaired) electrons. The molecule has 1 N–H and O–H groups in total. The molecule has 90 valence electrons. The quantitative estimate of drug-likeness (QED) is 0.775. The lowest BCUT2D eigenvalue weighted by molar-refractivity contribution is 0.465. The number of fused-ring (bicyclic) bond motifs is 1. The maximum atomic E-state index is 3.72. The summed E-state index contributed by atoms with van der Waals surface area (Å²) in [6.07, 6.45) is 5.28. The van der Waals surface area contributed by atoms with Gasteiger partial charge in [0.15, 0.2) is 0 Å². The molecule has 0 aliphatic heterocycles. The zero-order valence-electron chi connectivity index (χ0n) is 10.00. The van der Waals surface area contributed by atoms with Crippen LogP contribution in [0.4, 0.5) is 0 Å². The predicted molar refractivity (Wildman–Crippen MR) is 75.6 cm³/mol. The molecule has 2 rings (SSSR count). The molecule has 0 aromatic carbocycles. The van der Waals surface area contributed by atoms with Gasteiger partial charge in [-0.05, 0) is 60.7 Å². The number of thioether (sulfide) groups is 1. The van der Waals surface area contributed by atoms with Gasteiger partial charge in [-0.15, -0.1) is 11.3 Å². The van der Waals surface area contributed by atoms with Gasteiger partial charge in [0, 0.05) is 10.9 Å². The first-order chi connectivity index (χ1) is 7.92. The molecule has 0 amide bonds. The van der Waals surface area contributed by atoms with E-state index in [0.717, 1.165) is 0 Å². The standard InChI is InChI=1S/C13H21NS2/c1-2-15-9-4-8-14-12-5-3-6-13-11(12)7-10-16-13/h7,10,12,14H,2-6,8-9H2,1H3. The van der Waals surface area contributed by atoms with Crippen LogP contribution in [0, 0.1) is 0 Å². The van der Waals surface area contributed by atoms with Gasteiger partial charge in [-0.25, -0.2) is 0 Å². The third-order valence-corrected chi connectivity index (χ3v) is 5.09. The van der Waals surface area contributed by atoms with Crippen molar-refractivity contribution in [1.82, 2.24) is 5.32 Å². The third kappa shape index (κ3) is 3.25. The molecule has 1 aromatic rings. The van der Waals surface area contributed by atoms with Crippen molar-refractivity contribution in [2.75, 3.05) is 18.1 Å². The Morgan fingerprint density at radius 3 is 3.38 bits per heavy atom. The summed E-state index contributed by atoms with van der Waals surface area (Å²) in [6.45, 7) is 3.41. The van der Waals surface area contributed by atoms with Gasteiger partial charge in [0.25, 0.3) is 0 Å². The van der Waals surface area contributed by atoms with E-state index < -0.39 is 0 Å². The van der Waals surface area contributed by atoms with E-state index in [-0.39, 0.29) is 0 Å². The minimum Gasteiger partial charge on any atom is -0.310 e. The molecule has 0 spiro atoms. The van der Waals surface area contributed by atoms with Crippen LogP contribution in [0.2, 0.25) is 0 Å². The van der Waals surface area contributed by atoms with E-state index in [1.54, 1.807) is 10.4 Å². The highest BCUT2D eigenvalue weighted by molar-refractivity contribution is 7.99. The molecule has 0 saturated carbocycles. The van der Waals surface area contributed by atoms with Crippen LogP contribution in [0.1, 0.15) is 42.7 Å². The highest BCUT2D eigenvalue weighted by Crippen LogP contribution is 2.33. The first-order valence-corrected chi connectivity index (χ1v) is 8.32. The van der Waals surface area contributed by atoms with Gasteiger partial charge >= 0.3 is 0 Å². The fourth-order valence-corrected chi connectivity index (χ4v) is 3.92. The number of hydrogen-bond donors (Lipinski definition) is 1. The molecule has 1 aliphatic rings. The van der Waals surface area contributed by atoms with Crippen molar-refractivity contribution in [2.45, 2.75) is 38.6 Å². The molecular formula is C13H21NS2. The van der Waals surface area contributed by atoms with Crippen molar-refractivity contribution in [1.29, 1.82) is 0 Å². The van der Waals surface area contributed by atoms with Gasteiger partial charge in [0.1, 0.15) is 0 Å². The van der Waals surface area contributed by atoms with Crippen LogP contribution in [-0.2, 0) is 6.42 Å². The molecule has 1 atom stereocenters. The Balaban J connectivity index is 1.75. The second-order valence-electron chi connectivity index (χ2n) is 4.25. The van der Waals surface area contributed by atoms with Crippen LogP contribution in [0.25, 0.3) is 0 Å². The lowest BCUT2D eigenvalue weighted by Crippen LogP contribution is -2.25. The van der Waals surface area contributed by atoms with Crippen molar-refractivity contribution in [3.05, 3.63) is 21.9 Å². The summed E-state index contributed by atoms with van der Waals surface area (Å²) >= 11 is 3.98. The van der Waals surface area contributed by atoms with Crippen LogP contribution in [-0.4, -0.2) is 18.1 Å². The van der Waals surface area contributed by atoms with Crippen molar-refractivity contribution < 1.29 is 0 Å². The van der Waals surface area contributed by atoms with E-state index in [4.69, 9.17) is 0 Å². The molecule has 0 bridgehead atoms. The molecule has 16 heavy (non-hydrogen) atoms. The molecule has 0 fully saturated rings. The Morgan fingerprint density at radius 1 is 1.56 bits per heavy atom. The lowest BCUT2D eigenvalue weighted by Gasteiger charge is -2.23. The fraction of sp³-hybridized carbons (Fsp3) is 0.692. The maximum absolute atomic E-state index is 3.72. The minimum atomic E-state index is 0.640. The van der Waals surface area contributed by atoms with Gasteiger partial charge in [-0.2, -0.15) is 11.8 Å². The molecule has 3 heteroatoms. The predicted octanol–water partition coefficient (Wildman–Crippen LogP) is 3.86. The van der Waals surface area contributed by atoms with E-state index in [1.807, 2.05) is 23.1 Å². The third-order valence-electron chi connectivity index (χ3n) is 3.11. The second-order valence-corrected chi connectivity index (χ2v) is 6.64. The number of nitrogens with one attached hydrogen (secondary N) is 1. The van der Waals surface area contributed by atoms with Crippen molar-refractivity contribution in [3.8, 4) is 0 Å². The van der Waals surface area contributed by atoms with E-state index in [1.165, 1.54) is 43.7 Å². The Morgan fingerprint density at radius 2 is 2.50 bits per heavy atom. The maximum Gasteiger partial charge on any atom is 0.0331 e. The number of aryl methyl sites for hydroxylation is 1.